The van der Waals surface area contributed by atoms with Crippen LogP contribution in [-0.2, 0) is 0 Å². The van der Waals surface area contributed by atoms with Crippen LogP contribution >= 0.6 is 11.3 Å². The Morgan fingerprint density at radius 3 is 2.48 bits per heavy atom. The number of methoxy groups -OCH3 is 2. The summed E-state index contributed by atoms with van der Waals surface area (Å²) in [6, 6.07) is 15.2. The van der Waals surface area contributed by atoms with E-state index in [9.17, 15) is 0 Å². The Hall–Kier alpha value is -2.84. The molecule has 0 bridgehead atoms. The minimum Gasteiger partial charge on any atom is -0.497 e. The summed E-state index contributed by atoms with van der Waals surface area (Å²) in [4.78, 5) is 4.69. The van der Waals surface area contributed by atoms with Crippen molar-refractivity contribution in [3.8, 4) is 39.4 Å². The molecule has 1 heterocycles. The summed E-state index contributed by atoms with van der Waals surface area (Å²) in [6.07, 6.45) is 0. The standard InChI is InChI=1S/C18H14N2O2S/c1-21-14-7-8-15(17(9-14)22-2)18-20-16(11-23-18)13-5-3-12(10-19)4-6-13/h3-9,11H,1-2H3. The van der Waals surface area contributed by atoms with E-state index in [4.69, 9.17) is 14.7 Å². The molecule has 0 unspecified atom stereocenters. The zero-order chi connectivity index (χ0) is 16.2. The van der Waals surface area contributed by atoms with Gasteiger partial charge < -0.3 is 9.47 Å². The number of rotatable bonds is 4. The van der Waals surface area contributed by atoms with E-state index in [1.807, 2.05) is 35.7 Å². The molecule has 5 heteroatoms. The van der Waals surface area contributed by atoms with E-state index in [1.54, 1.807) is 37.7 Å². The first-order chi connectivity index (χ1) is 11.2. The quantitative estimate of drug-likeness (QED) is 0.716. The van der Waals surface area contributed by atoms with Crippen LogP contribution in [0.3, 0.4) is 0 Å². The molecule has 0 saturated carbocycles. The minimum absolute atomic E-state index is 0.640. The summed E-state index contributed by atoms with van der Waals surface area (Å²) in [5.41, 5.74) is 3.44. The third-order valence-electron chi connectivity index (χ3n) is 3.45. The average molecular weight is 322 g/mol. The van der Waals surface area contributed by atoms with Gasteiger partial charge in [0.05, 0.1) is 37.1 Å². The number of hydrogen-bond donors (Lipinski definition) is 0. The Morgan fingerprint density at radius 1 is 1.04 bits per heavy atom. The van der Waals surface area contributed by atoms with Crippen molar-refractivity contribution in [1.29, 1.82) is 5.26 Å². The molecule has 3 aromatic rings. The summed E-state index contributed by atoms with van der Waals surface area (Å²) >= 11 is 1.55. The number of benzene rings is 2. The fourth-order valence-corrected chi connectivity index (χ4v) is 3.08. The Bertz CT molecular complexity index is 863. The number of nitriles is 1. The maximum Gasteiger partial charge on any atom is 0.132 e. The molecule has 0 N–H and O–H groups in total. The van der Waals surface area contributed by atoms with Gasteiger partial charge in [0.15, 0.2) is 0 Å². The molecular formula is C18H14N2O2S. The molecule has 3 rings (SSSR count). The monoisotopic (exact) mass is 322 g/mol. The van der Waals surface area contributed by atoms with Crippen LogP contribution in [0.25, 0.3) is 21.8 Å². The molecule has 1 aromatic heterocycles. The van der Waals surface area contributed by atoms with Crippen LogP contribution < -0.4 is 9.47 Å². The molecule has 0 saturated heterocycles. The second-order valence-corrected chi connectivity index (χ2v) is 5.65. The Labute approximate surface area is 138 Å². The van der Waals surface area contributed by atoms with Gasteiger partial charge in [-0.25, -0.2) is 4.98 Å². The SMILES string of the molecule is COc1ccc(-c2nc(-c3ccc(C#N)cc3)cs2)c(OC)c1. The molecular weight excluding hydrogens is 308 g/mol. The van der Waals surface area contributed by atoms with Crippen LogP contribution in [0, 0.1) is 11.3 Å². The van der Waals surface area contributed by atoms with E-state index in [2.05, 4.69) is 11.1 Å². The van der Waals surface area contributed by atoms with Crippen molar-refractivity contribution in [1.82, 2.24) is 4.98 Å². The van der Waals surface area contributed by atoms with Gasteiger partial charge in [-0.1, -0.05) is 12.1 Å². The van der Waals surface area contributed by atoms with Crippen molar-refractivity contribution in [2.45, 2.75) is 0 Å². The van der Waals surface area contributed by atoms with Crippen LogP contribution in [0.4, 0.5) is 0 Å². The first-order valence-electron chi connectivity index (χ1n) is 6.93. The normalized spacial score (nSPS) is 10.1. The maximum atomic E-state index is 8.86. The van der Waals surface area contributed by atoms with Crippen molar-refractivity contribution in [3.05, 3.63) is 53.4 Å². The molecule has 23 heavy (non-hydrogen) atoms. The largest absolute Gasteiger partial charge is 0.497 e. The van der Waals surface area contributed by atoms with Crippen LogP contribution in [0.5, 0.6) is 11.5 Å². The summed E-state index contributed by atoms with van der Waals surface area (Å²) in [7, 11) is 3.26. The Balaban J connectivity index is 1.97. The number of aromatic nitrogens is 1. The van der Waals surface area contributed by atoms with E-state index in [0.717, 1.165) is 33.3 Å². The smallest absolute Gasteiger partial charge is 0.132 e. The van der Waals surface area contributed by atoms with Gasteiger partial charge in [-0.15, -0.1) is 11.3 Å². The third-order valence-corrected chi connectivity index (χ3v) is 4.33. The van der Waals surface area contributed by atoms with Crippen LogP contribution in [0.15, 0.2) is 47.8 Å². The number of nitrogens with zero attached hydrogens (tertiary/aromatic N) is 2. The summed E-state index contributed by atoms with van der Waals surface area (Å²) in [6.45, 7) is 0. The van der Waals surface area contributed by atoms with Gasteiger partial charge in [0.2, 0.25) is 0 Å². The highest BCUT2D eigenvalue weighted by molar-refractivity contribution is 7.13. The molecule has 2 aromatic carbocycles. The van der Waals surface area contributed by atoms with Gasteiger partial charge in [0, 0.05) is 17.0 Å². The highest BCUT2D eigenvalue weighted by Crippen LogP contribution is 2.36. The minimum atomic E-state index is 0.640. The topological polar surface area (TPSA) is 55.1 Å². The molecule has 114 valence electrons. The zero-order valence-electron chi connectivity index (χ0n) is 12.7. The van der Waals surface area contributed by atoms with Crippen molar-refractivity contribution in [3.63, 3.8) is 0 Å². The lowest BCUT2D eigenvalue weighted by Gasteiger charge is -2.08. The predicted molar refractivity (Wildman–Crippen MR) is 90.8 cm³/mol. The molecule has 0 fully saturated rings. The maximum absolute atomic E-state index is 8.86. The lowest BCUT2D eigenvalue weighted by atomic mass is 10.1. The van der Waals surface area contributed by atoms with Gasteiger partial charge in [-0.2, -0.15) is 5.26 Å². The lowest BCUT2D eigenvalue weighted by molar-refractivity contribution is 0.395. The van der Waals surface area contributed by atoms with E-state index in [1.165, 1.54) is 0 Å². The molecule has 0 amide bonds. The highest BCUT2D eigenvalue weighted by Gasteiger charge is 2.12. The molecule has 0 radical (unpaired) electrons. The van der Waals surface area contributed by atoms with E-state index >= 15 is 0 Å². The third kappa shape index (κ3) is 3.03. The first kappa shape index (κ1) is 15.1. The van der Waals surface area contributed by atoms with Crippen LogP contribution in [-0.4, -0.2) is 19.2 Å². The average Bonchev–Trinajstić information content (AvgIpc) is 3.11. The first-order valence-corrected chi connectivity index (χ1v) is 7.81. The lowest BCUT2D eigenvalue weighted by Crippen LogP contribution is -1.90. The molecule has 0 spiro atoms. The van der Waals surface area contributed by atoms with Gasteiger partial charge in [0.25, 0.3) is 0 Å². The van der Waals surface area contributed by atoms with Gasteiger partial charge in [-0.3, -0.25) is 0 Å². The van der Waals surface area contributed by atoms with Gasteiger partial charge in [-0.05, 0) is 24.3 Å². The number of ether oxygens (including phenoxy) is 2. The Morgan fingerprint density at radius 2 is 1.83 bits per heavy atom. The Kier molecular flexibility index (Phi) is 4.26. The van der Waals surface area contributed by atoms with Crippen molar-refractivity contribution in [2.75, 3.05) is 14.2 Å². The summed E-state index contributed by atoms with van der Waals surface area (Å²) in [5, 5.41) is 11.7. The summed E-state index contributed by atoms with van der Waals surface area (Å²) in [5.74, 6) is 1.47. The summed E-state index contributed by atoms with van der Waals surface area (Å²) < 4.78 is 10.7. The van der Waals surface area contributed by atoms with Crippen molar-refractivity contribution >= 4 is 11.3 Å². The second-order valence-electron chi connectivity index (χ2n) is 4.79. The molecule has 4 nitrogen and oxygen atoms in total. The fourth-order valence-electron chi connectivity index (χ4n) is 2.22. The van der Waals surface area contributed by atoms with Gasteiger partial charge >= 0.3 is 0 Å². The van der Waals surface area contributed by atoms with E-state index in [0.29, 0.717) is 5.56 Å². The molecule has 0 aliphatic carbocycles. The molecule has 0 aliphatic heterocycles. The van der Waals surface area contributed by atoms with Gasteiger partial charge in [0.1, 0.15) is 16.5 Å². The van der Waals surface area contributed by atoms with Crippen molar-refractivity contribution < 1.29 is 9.47 Å². The molecule has 0 aliphatic rings. The van der Waals surface area contributed by atoms with E-state index in [-0.39, 0.29) is 0 Å². The predicted octanol–water partition coefficient (Wildman–Crippen LogP) is 4.37. The van der Waals surface area contributed by atoms with Crippen LogP contribution in [0.2, 0.25) is 0 Å². The number of thiazole rings is 1. The number of hydrogen-bond acceptors (Lipinski definition) is 5. The fraction of sp³-hybridized carbons (Fsp3) is 0.111. The second kappa shape index (κ2) is 6.51. The zero-order valence-corrected chi connectivity index (χ0v) is 13.6. The van der Waals surface area contributed by atoms with Crippen LogP contribution in [0.1, 0.15) is 5.56 Å². The van der Waals surface area contributed by atoms with E-state index < -0.39 is 0 Å². The van der Waals surface area contributed by atoms with Crippen molar-refractivity contribution in [2.24, 2.45) is 0 Å². The highest BCUT2D eigenvalue weighted by atomic mass is 32.1. The molecule has 0 atom stereocenters.